The van der Waals surface area contributed by atoms with Crippen molar-refractivity contribution in [3.63, 3.8) is 0 Å². The number of aromatic hydroxyl groups is 1. The van der Waals surface area contributed by atoms with E-state index in [4.69, 9.17) is 16.6 Å². The summed E-state index contributed by atoms with van der Waals surface area (Å²) in [6, 6.07) is -5.70. The van der Waals surface area contributed by atoms with Crippen LogP contribution in [0.2, 0.25) is 0 Å². The van der Waals surface area contributed by atoms with Crippen LogP contribution in [0.15, 0.2) is 36.8 Å². The number of phenolic OH excluding ortho intramolecular Hbond substituents is 1. The molecule has 0 aliphatic heterocycles. The Balaban J connectivity index is 2.35. The van der Waals surface area contributed by atoms with Crippen molar-refractivity contribution < 1.29 is 68.1 Å². The maximum Gasteiger partial charge on any atom is 0.326 e. The molecule has 9 amide bonds. The number of carboxylic acids is 2. The number of imidazole rings is 1. The Hall–Kier alpha value is -7.68. The summed E-state index contributed by atoms with van der Waals surface area (Å²) in [6.07, 6.45) is 3.33. The first-order chi connectivity index (χ1) is 37.6. The smallest absolute Gasteiger partial charge is 0.326 e. The third-order valence-electron chi connectivity index (χ3n) is 13.0. The molecule has 0 aliphatic carbocycles. The zero-order chi connectivity index (χ0) is 60.4. The van der Waals surface area contributed by atoms with Crippen molar-refractivity contribution in [1.29, 1.82) is 0 Å². The normalized spacial score (nSPS) is 15.0. The van der Waals surface area contributed by atoms with E-state index in [-0.39, 0.29) is 56.7 Å². The van der Waals surface area contributed by atoms with Crippen molar-refractivity contribution in [2.75, 3.05) is 13.1 Å². The fraction of sp³-hybridized carbons (Fsp3) is 0.623. The minimum atomic E-state index is -1.42. The van der Waals surface area contributed by atoms with Gasteiger partial charge in [0, 0.05) is 31.2 Å². The Morgan fingerprint density at radius 2 is 1.14 bits per heavy atom. The van der Waals surface area contributed by atoms with Crippen molar-refractivity contribution in [1.82, 2.24) is 57.8 Å². The molecular formula is C53H85N13O14. The molecule has 1 aromatic heterocycles. The van der Waals surface area contributed by atoms with Gasteiger partial charge in [-0.05, 0) is 86.9 Å². The third-order valence-corrected chi connectivity index (χ3v) is 13.0. The van der Waals surface area contributed by atoms with Gasteiger partial charge in [0.25, 0.3) is 0 Å². The summed E-state index contributed by atoms with van der Waals surface area (Å²) < 4.78 is 0. The molecule has 1 aromatic carbocycles. The van der Waals surface area contributed by atoms with E-state index in [1.165, 1.54) is 43.7 Å². The number of H-pyrrole nitrogens is 1. The first-order valence-corrected chi connectivity index (χ1v) is 26.9. The summed E-state index contributed by atoms with van der Waals surface area (Å²) in [4.78, 5) is 153. The van der Waals surface area contributed by atoms with E-state index in [9.17, 15) is 63.0 Å². The summed E-state index contributed by atoms with van der Waals surface area (Å²) in [6.45, 7) is 14.5. The number of nitrogens with one attached hydrogen (secondary N) is 10. The summed E-state index contributed by atoms with van der Waals surface area (Å²) in [5.74, 6) is -11.4. The van der Waals surface area contributed by atoms with E-state index in [1.54, 1.807) is 55.4 Å². The second-order valence-corrected chi connectivity index (χ2v) is 21.0. The highest BCUT2D eigenvalue weighted by Crippen LogP contribution is 2.16. The van der Waals surface area contributed by atoms with Gasteiger partial charge < -0.3 is 79.6 Å². The Labute approximate surface area is 466 Å². The topological polar surface area (TPSA) is 437 Å². The fourth-order valence-electron chi connectivity index (χ4n) is 8.03. The molecule has 17 N–H and O–H groups in total. The molecule has 0 spiro atoms. The van der Waals surface area contributed by atoms with Crippen LogP contribution >= 0.6 is 0 Å². The highest BCUT2D eigenvalue weighted by Gasteiger charge is 2.36. The van der Waals surface area contributed by atoms with Crippen molar-refractivity contribution in [3.8, 4) is 5.75 Å². The van der Waals surface area contributed by atoms with Crippen LogP contribution in [-0.4, -0.2) is 158 Å². The molecule has 0 saturated carbocycles. The lowest BCUT2D eigenvalue weighted by atomic mass is 9.96. The van der Waals surface area contributed by atoms with Crippen molar-refractivity contribution in [2.24, 2.45) is 35.1 Å². The number of hydrogen-bond acceptors (Lipinski definition) is 15. The lowest BCUT2D eigenvalue weighted by Gasteiger charge is -2.30. The molecule has 1 heterocycles. The van der Waals surface area contributed by atoms with Crippen LogP contribution in [0.4, 0.5) is 0 Å². The maximum atomic E-state index is 14.5. The second kappa shape index (κ2) is 34.4. The maximum absolute atomic E-state index is 14.5. The number of rotatable bonds is 36. The standard InChI is InChI=1S/C53H85N13O14/c1-10-30(8)44(52(78)62-38(23-33-24-56-26-58-33)48(74)59-31(9)45(71)63-39(53(79)80)21-27(2)3)66-49(75)37(22-32-14-16-34(67)17-15-32)61-50(76)42(28(4)5)64-40(68)25-57-47(73)36(13-11-12-20-54)60-51(77)43(29(6)7)65-46(72)35(55)18-19-41(69)70/h14-17,24,26-31,35-39,42-44,67H,10-13,18-23,25,54-55H2,1-9H3,(H,56,58)(H,57,73)(H,59,74)(H,60,77)(H,61,76)(H,62,78)(H,63,71)(H,64,68)(H,65,72)(H,66,75)(H,69,70)(H,79,80). The zero-order valence-electron chi connectivity index (χ0n) is 47.2. The van der Waals surface area contributed by atoms with Gasteiger partial charge >= 0.3 is 11.9 Å². The number of amides is 9. The van der Waals surface area contributed by atoms with Crippen molar-refractivity contribution in [3.05, 3.63) is 48.0 Å². The molecular weight excluding hydrogens is 1040 g/mol. The Morgan fingerprint density at radius 1 is 0.600 bits per heavy atom. The average Bonchev–Trinajstić information content (AvgIpc) is 3.91. The zero-order valence-corrected chi connectivity index (χ0v) is 47.2. The van der Waals surface area contributed by atoms with Gasteiger partial charge in [-0.1, -0.05) is 73.9 Å². The van der Waals surface area contributed by atoms with E-state index >= 15 is 0 Å². The minimum Gasteiger partial charge on any atom is -0.508 e. The van der Waals surface area contributed by atoms with Crippen LogP contribution in [0.25, 0.3) is 0 Å². The molecule has 446 valence electrons. The Morgan fingerprint density at radius 3 is 1.66 bits per heavy atom. The van der Waals surface area contributed by atoms with E-state index in [0.29, 0.717) is 30.5 Å². The highest BCUT2D eigenvalue weighted by molar-refractivity contribution is 5.98. The lowest BCUT2D eigenvalue weighted by Crippen LogP contribution is -2.61. The number of carbonyl (C=O) groups excluding carboxylic acids is 9. The molecule has 0 saturated heterocycles. The predicted octanol–water partition coefficient (Wildman–Crippen LogP) is -1.28. The number of carboxylic acid groups (broad SMARTS) is 2. The van der Waals surface area contributed by atoms with E-state index in [1.807, 2.05) is 0 Å². The van der Waals surface area contributed by atoms with Gasteiger partial charge in [0.15, 0.2) is 0 Å². The third kappa shape index (κ3) is 24.1. The second-order valence-electron chi connectivity index (χ2n) is 21.0. The molecule has 2 aromatic rings. The number of unbranched alkanes of at least 4 members (excludes halogenated alkanes) is 1. The van der Waals surface area contributed by atoms with Gasteiger partial charge in [-0.15, -0.1) is 0 Å². The summed E-state index contributed by atoms with van der Waals surface area (Å²) >= 11 is 0. The number of aliphatic carboxylic acids is 2. The molecule has 2 rings (SSSR count). The quantitative estimate of drug-likeness (QED) is 0.0354. The van der Waals surface area contributed by atoms with Gasteiger partial charge in [0.1, 0.15) is 54.1 Å². The molecule has 80 heavy (non-hydrogen) atoms. The molecule has 27 nitrogen and oxygen atoms in total. The van der Waals surface area contributed by atoms with Gasteiger partial charge in [-0.2, -0.15) is 0 Å². The van der Waals surface area contributed by atoms with Gasteiger partial charge in [-0.3, -0.25) is 47.9 Å². The molecule has 0 bridgehead atoms. The molecule has 0 radical (unpaired) electrons. The van der Waals surface area contributed by atoms with E-state index in [0.717, 1.165) is 0 Å². The lowest BCUT2D eigenvalue weighted by molar-refractivity contribution is -0.142. The predicted molar refractivity (Wildman–Crippen MR) is 292 cm³/mol. The average molecular weight is 1130 g/mol. The molecule has 27 heteroatoms. The Kier molecular flexibility index (Phi) is 29.4. The van der Waals surface area contributed by atoms with Gasteiger partial charge in [-0.25, -0.2) is 9.78 Å². The fourth-order valence-corrected chi connectivity index (χ4v) is 8.03. The number of phenols is 1. The number of carbonyl (C=O) groups is 11. The van der Waals surface area contributed by atoms with Gasteiger partial charge in [0.05, 0.1) is 18.9 Å². The summed E-state index contributed by atoms with van der Waals surface area (Å²) in [5.41, 5.74) is 12.4. The van der Waals surface area contributed by atoms with Crippen molar-refractivity contribution >= 4 is 65.1 Å². The highest BCUT2D eigenvalue weighted by atomic mass is 16.4. The summed E-state index contributed by atoms with van der Waals surface area (Å²) in [5, 5.41) is 51.9. The minimum absolute atomic E-state index is 0.0719. The number of nitrogens with zero attached hydrogens (tertiary/aromatic N) is 1. The van der Waals surface area contributed by atoms with E-state index < -0.39 is 144 Å². The van der Waals surface area contributed by atoms with Crippen LogP contribution in [-0.2, 0) is 65.6 Å². The largest absolute Gasteiger partial charge is 0.508 e. The SMILES string of the molecule is CCC(C)C(NC(=O)C(Cc1ccc(O)cc1)NC(=O)C(NC(=O)CNC(=O)C(CCCCN)NC(=O)C(NC(=O)C(N)CCC(=O)O)C(C)C)C(C)C)C(=O)NC(Cc1cnc[nH]1)C(=O)NC(C)C(=O)NC(CC(C)C)C(=O)O. The molecule has 10 unspecified atom stereocenters. The van der Waals surface area contributed by atoms with Crippen LogP contribution in [0.5, 0.6) is 5.75 Å². The molecule has 10 atom stereocenters. The van der Waals surface area contributed by atoms with Gasteiger partial charge in [0.2, 0.25) is 53.2 Å². The van der Waals surface area contributed by atoms with Crippen LogP contribution in [0.1, 0.15) is 119 Å². The number of hydrogen-bond donors (Lipinski definition) is 15. The number of aromatic amines is 1. The van der Waals surface area contributed by atoms with Crippen LogP contribution in [0, 0.1) is 23.7 Å². The first kappa shape index (κ1) is 68.4. The van der Waals surface area contributed by atoms with Crippen LogP contribution < -0.4 is 59.3 Å². The van der Waals surface area contributed by atoms with E-state index in [2.05, 4.69) is 57.8 Å². The number of aromatic nitrogens is 2. The monoisotopic (exact) mass is 1130 g/mol. The van der Waals surface area contributed by atoms with Crippen LogP contribution in [0.3, 0.4) is 0 Å². The number of nitrogens with two attached hydrogens (primary N) is 2. The van der Waals surface area contributed by atoms with Crippen molar-refractivity contribution in [2.45, 2.75) is 174 Å². The molecule has 0 aliphatic rings. The number of benzene rings is 1. The molecule has 0 fully saturated rings. The Bertz CT molecular complexity index is 2390. The first-order valence-electron chi connectivity index (χ1n) is 26.9. The summed E-state index contributed by atoms with van der Waals surface area (Å²) in [7, 11) is 0.